The van der Waals surface area contributed by atoms with E-state index in [4.69, 9.17) is 24.2 Å². The summed E-state index contributed by atoms with van der Waals surface area (Å²) in [6.45, 7) is 5.85. The molecule has 1 aliphatic rings. The molecule has 3 aromatic rings. The number of ether oxygens (including phenoxy) is 3. The molecule has 0 aliphatic carbocycles. The summed E-state index contributed by atoms with van der Waals surface area (Å²) in [4.78, 5) is 11.8. The van der Waals surface area contributed by atoms with Crippen LogP contribution in [-0.2, 0) is 11.3 Å². The molecule has 1 aromatic heterocycles. The van der Waals surface area contributed by atoms with Gasteiger partial charge in [-0.15, -0.1) is 0 Å². The van der Waals surface area contributed by atoms with Crippen LogP contribution < -0.4 is 20.1 Å². The Labute approximate surface area is 182 Å². The van der Waals surface area contributed by atoms with Crippen molar-refractivity contribution in [1.82, 2.24) is 14.9 Å². The summed E-state index contributed by atoms with van der Waals surface area (Å²) < 4.78 is 16.4. The molecular weight excluding hydrogens is 394 g/mol. The fourth-order valence-corrected chi connectivity index (χ4v) is 3.60. The second-order valence-corrected chi connectivity index (χ2v) is 7.34. The second kappa shape index (κ2) is 10.3. The molecule has 2 aromatic carbocycles. The first-order valence-corrected chi connectivity index (χ1v) is 10.5. The molecule has 1 aliphatic heterocycles. The maximum atomic E-state index is 5.48. The van der Waals surface area contributed by atoms with Crippen molar-refractivity contribution in [3.8, 4) is 11.5 Å². The van der Waals surface area contributed by atoms with E-state index >= 15 is 0 Å². The number of aromatic nitrogens is 2. The summed E-state index contributed by atoms with van der Waals surface area (Å²) in [5.74, 6) is 2.63. The van der Waals surface area contributed by atoms with Crippen LogP contribution in [0.5, 0.6) is 11.5 Å². The standard InChI is InChI=1S/C23H29N5O3/c1-29-20-14-18-19(15-21(20)30-2)26-23(24-8-9-28-10-12-31-13-11-28)27-22(18)25-16-17-6-4-3-5-7-17/h3-7,14-15H,8-13,16H2,1-2H3,(H2,24,25,26,27). The van der Waals surface area contributed by atoms with Gasteiger partial charge >= 0.3 is 0 Å². The highest BCUT2D eigenvalue weighted by Crippen LogP contribution is 2.34. The van der Waals surface area contributed by atoms with Crippen LogP contribution in [0.2, 0.25) is 0 Å². The summed E-state index contributed by atoms with van der Waals surface area (Å²) in [6, 6.07) is 14.0. The van der Waals surface area contributed by atoms with E-state index in [9.17, 15) is 0 Å². The monoisotopic (exact) mass is 423 g/mol. The molecule has 0 atom stereocenters. The van der Waals surface area contributed by atoms with Gasteiger partial charge in [0.05, 0.1) is 33.0 Å². The number of rotatable bonds is 9. The minimum Gasteiger partial charge on any atom is -0.493 e. The molecule has 0 spiro atoms. The van der Waals surface area contributed by atoms with E-state index in [2.05, 4.69) is 27.7 Å². The number of hydrogen-bond acceptors (Lipinski definition) is 8. The molecule has 8 heteroatoms. The zero-order valence-corrected chi connectivity index (χ0v) is 18.1. The van der Waals surface area contributed by atoms with Gasteiger partial charge in [0.25, 0.3) is 0 Å². The molecule has 0 amide bonds. The lowest BCUT2D eigenvalue weighted by Gasteiger charge is -2.26. The highest BCUT2D eigenvalue weighted by atomic mass is 16.5. The summed E-state index contributed by atoms with van der Waals surface area (Å²) in [7, 11) is 3.25. The van der Waals surface area contributed by atoms with Gasteiger partial charge in [-0.05, 0) is 11.6 Å². The first-order chi connectivity index (χ1) is 15.3. The predicted octanol–water partition coefficient (Wildman–Crippen LogP) is 3.00. The van der Waals surface area contributed by atoms with Crippen molar-refractivity contribution in [2.45, 2.75) is 6.54 Å². The lowest BCUT2D eigenvalue weighted by atomic mass is 10.2. The summed E-state index contributed by atoms with van der Waals surface area (Å²) in [5, 5.41) is 7.71. The van der Waals surface area contributed by atoms with Crippen LogP contribution in [0.15, 0.2) is 42.5 Å². The average Bonchev–Trinajstić information content (AvgIpc) is 2.83. The zero-order chi connectivity index (χ0) is 21.5. The molecule has 1 saturated heterocycles. The van der Waals surface area contributed by atoms with Crippen molar-refractivity contribution >= 4 is 22.7 Å². The number of methoxy groups -OCH3 is 2. The van der Waals surface area contributed by atoms with Crippen molar-refractivity contribution in [3.05, 3.63) is 48.0 Å². The van der Waals surface area contributed by atoms with E-state index in [1.165, 1.54) is 5.56 Å². The van der Waals surface area contributed by atoms with Gasteiger partial charge in [0.2, 0.25) is 5.95 Å². The quantitative estimate of drug-likeness (QED) is 0.544. The van der Waals surface area contributed by atoms with Crippen molar-refractivity contribution < 1.29 is 14.2 Å². The Morgan fingerprint density at radius 2 is 1.71 bits per heavy atom. The van der Waals surface area contributed by atoms with Crippen LogP contribution in [0.25, 0.3) is 10.9 Å². The summed E-state index contributed by atoms with van der Waals surface area (Å²) in [5.41, 5.74) is 1.97. The van der Waals surface area contributed by atoms with Crippen LogP contribution >= 0.6 is 0 Å². The van der Waals surface area contributed by atoms with Crippen LogP contribution in [-0.4, -0.2) is 68.5 Å². The average molecular weight is 424 g/mol. The van der Waals surface area contributed by atoms with Gasteiger partial charge in [0.1, 0.15) is 5.82 Å². The van der Waals surface area contributed by atoms with E-state index < -0.39 is 0 Å². The second-order valence-electron chi connectivity index (χ2n) is 7.34. The number of hydrogen-bond donors (Lipinski definition) is 2. The number of fused-ring (bicyclic) bond motifs is 1. The van der Waals surface area contributed by atoms with E-state index in [-0.39, 0.29) is 0 Å². The minimum absolute atomic E-state index is 0.587. The predicted molar refractivity (Wildman–Crippen MR) is 122 cm³/mol. The van der Waals surface area contributed by atoms with Gasteiger partial charge < -0.3 is 24.8 Å². The molecule has 164 valence electrons. The molecule has 0 unspecified atom stereocenters. The van der Waals surface area contributed by atoms with Gasteiger partial charge in [0.15, 0.2) is 11.5 Å². The molecule has 2 heterocycles. The largest absolute Gasteiger partial charge is 0.493 e. The summed E-state index contributed by atoms with van der Waals surface area (Å²) in [6.07, 6.45) is 0. The van der Waals surface area contributed by atoms with Crippen molar-refractivity contribution in [3.63, 3.8) is 0 Å². The fourth-order valence-electron chi connectivity index (χ4n) is 3.60. The molecule has 8 nitrogen and oxygen atoms in total. The summed E-state index contributed by atoms with van der Waals surface area (Å²) >= 11 is 0. The molecule has 31 heavy (non-hydrogen) atoms. The van der Waals surface area contributed by atoms with Gasteiger partial charge in [-0.2, -0.15) is 4.98 Å². The molecule has 0 saturated carbocycles. The molecular formula is C23H29N5O3. The molecule has 0 bridgehead atoms. The Morgan fingerprint density at radius 3 is 2.45 bits per heavy atom. The number of nitrogens with one attached hydrogen (secondary N) is 2. The number of benzene rings is 2. The van der Waals surface area contributed by atoms with Crippen LogP contribution in [0, 0.1) is 0 Å². The highest BCUT2D eigenvalue weighted by Gasteiger charge is 2.14. The van der Waals surface area contributed by atoms with Crippen LogP contribution in [0.1, 0.15) is 5.56 Å². The molecule has 0 radical (unpaired) electrons. The maximum Gasteiger partial charge on any atom is 0.225 e. The Bertz CT molecular complexity index is 993. The third kappa shape index (κ3) is 5.34. The van der Waals surface area contributed by atoms with E-state index in [0.29, 0.717) is 24.0 Å². The first-order valence-electron chi connectivity index (χ1n) is 10.5. The smallest absolute Gasteiger partial charge is 0.225 e. The third-order valence-electron chi connectivity index (χ3n) is 5.32. The first kappa shape index (κ1) is 21.1. The Morgan fingerprint density at radius 1 is 0.968 bits per heavy atom. The van der Waals surface area contributed by atoms with Gasteiger partial charge in [-0.25, -0.2) is 4.98 Å². The molecule has 4 rings (SSSR count). The van der Waals surface area contributed by atoms with Crippen molar-refractivity contribution in [2.75, 3.05) is 64.2 Å². The van der Waals surface area contributed by atoms with E-state index in [1.807, 2.05) is 30.3 Å². The third-order valence-corrected chi connectivity index (χ3v) is 5.32. The normalized spacial score (nSPS) is 14.4. The van der Waals surface area contributed by atoms with E-state index in [0.717, 1.165) is 56.1 Å². The highest BCUT2D eigenvalue weighted by molar-refractivity contribution is 5.92. The van der Waals surface area contributed by atoms with Gasteiger partial charge in [-0.3, -0.25) is 4.90 Å². The van der Waals surface area contributed by atoms with Gasteiger partial charge in [-0.1, -0.05) is 30.3 Å². The molecule has 1 fully saturated rings. The number of anilines is 2. The topological polar surface area (TPSA) is 80.8 Å². The van der Waals surface area contributed by atoms with Crippen molar-refractivity contribution in [1.29, 1.82) is 0 Å². The number of morpholine rings is 1. The van der Waals surface area contributed by atoms with Crippen LogP contribution in [0.4, 0.5) is 11.8 Å². The fraction of sp³-hybridized carbons (Fsp3) is 0.391. The van der Waals surface area contributed by atoms with E-state index in [1.54, 1.807) is 14.2 Å². The molecule has 2 N–H and O–H groups in total. The Hall–Kier alpha value is -3.10. The Balaban J connectivity index is 1.57. The van der Waals surface area contributed by atoms with Crippen LogP contribution in [0.3, 0.4) is 0 Å². The maximum absolute atomic E-state index is 5.48. The SMILES string of the molecule is COc1cc2nc(NCCN3CCOCC3)nc(NCc3ccccc3)c2cc1OC. The Kier molecular flexibility index (Phi) is 7.01. The number of nitrogens with zero attached hydrogens (tertiary/aromatic N) is 3. The lowest BCUT2D eigenvalue weighted by Crippen LogP contribution is -2.39. The van der Waals surface area contributed by atoms with Crippen molar-refractivity contribution in [2.24, 2.45) is 0 Å². The zero-order valence-electron chi connectivity index (χ0n) is 18.1. The lowest BCUT2D eigenvalue weighted by molar-refractivity contribution is 0.0398. The van der Waals surface area contributed by atoms with Gasteiger partial charge in [0, 0.05) is 44.2 Å². The minimum atomic E-state index is 0.587.